The molecule has 2 aliphatic rings. The van der Waals surface area contributed by atoms with Crippen LogP contribution in [0, 0.1) is 6.92 Å². The van der Waals surface area contributed by atoms with Crippen LogP contribution in [0.5, 0.6) is 0 Å². The molecule has 2 aliphatic heterocycles. The predicted octanol–water partition coefficient (Wildman–Crippen LogP) is 3.30. The monoisotopic (exact) mass is 394 g/mol. The largest absolute Gasteiger partial charge is 0.340 e. The second kappa shape index (κ2) is 7.80. The van der Waals surface area contributed by atoms with Crippen molar-refractivity contribution in [2.75, 3.05) is 25.4 Å². The number of nitrogens with zero attached hydrogens (tertiary/aromatic N) is 2. The summed E-state index contributed by atoms with van der Waals surface area (Å²) < 4.78 is 0. The Morgan fingerprint density at radius 1 is 1.00 bits per heavy atom. The number of hydrogen-bond donors (Lipinski definition) is 0. The second-order valence-corrected chi connectivity index (χ2v) is 8.44. The smallest absolute Gasteiger partial charge is 0.262 e. The number of aryl methyl sites for hydroxylation is 1. The molecule has 5 nitrogen and oxygen atoms in total. The van der Waals surface area contributed by atoms with E-state index in [1.807, 2.05) is 17.8 Å². The Hall–Kier alpha value is -2.60. The van der Waals surface area contributed by atoms with E-state index in [2.05, 4.69) is 25.1 Å². The number of fused-ring (bicyclic) bond motifs is 1. The first-order valence-electron chi connectivity index (χ1n) is 9.46. The van der Waals surface area contributed by atoms with Gasteiger partial charge in [-0.05, 0) is 36.6 Å². The molecule has 1 unspecified atom stereocenters. The lowest BCUT2D eigenvalue weighted by molar-refractivity contribution is -0.131. The summed E-state index contributed by atoms with van der Waals surface area (Å²) in [7, 11) is 0. The van der Waals surface area contributed by atoms with Crippen molar-refractivity contribution in [3.63, 3.8) is 0 Å². The van der Waals surface area contributed by atoms with Gasteiger partial charge in [-0.1, -0.05) is 36.4 Å². The number of benzene rings is 2. The fourth-order valence-electron chi connectivity index (χ4n) is 3.83. The fraction of sp³-hybridized carbons (Fsp3) is 0.318. The zero-order chi connectivity index (χ0) is 19.7. The lowest BCUT2D eigenvalue weighted by Crippen LogP contribution is -2.43. The first-order chi connectivity index (χ1) is 13.6. The number of thioether (sulfide) groups is 1. The molecule has 1 atom stereocenters. The molecule has 4 rings (SSSR count). The van der Waals surface area contributed by atoms with Gasteiger partial charge in [0.05, 0.1) is 11.1 Å². The van der Waals surface area contributed by atoms with Crippen LogP contribution in [0.15, 0.2) is 48.5 Å². The number of carbonyl (C=O) groups excluding carboxylic acids is 3. The highest BCUT2D eigenvalue weighted by atomic mass is 32.2. The molecule has 1 fully saturated rings. The first-order valence-corrected chi connectivity index (χ1v) is 10.5. The van der Waals surface area contributed by atoms with Gasteiger partial charge < -0.3 is 4.90 Å². The van der Waals surface area contributed by atoms with E-state index in [0.29, 0.717) is 29.5 Å². The van der Waals surface area contributed by atoms with Gasteiger partial charge in [-0.3, -0.25) is 19.3 Å². The van der Waals surface area contributed by atoms with Gasteiger partial charge in [-0.15, -0.1) is 0 Å². The SMILES string of the molecule is Cc1ccccc1C1CCN(C(=O)CN2C(=O)c3ccccc3C2=O)CCS1. The number of imide groups is 1. The van der Waals surface area contributed by atoms with Crippen molar-refractivity contribution >= 4 is 29.5 Å². The third-order valence-electron chi connectivity index (χ3n) is 5.40. The Balaban J connectivity index is 1.42. The molecule has 28 heavy (non-hydrogen) atoms. The Kier molecular flexibility index (Phi) is 5.22. The molecule has 2 heterocycles. The summed E-state index contributed by atoms with van der Waals surface area (Å²) in [5, 5.41) is 0.360. The highest BCUT2D eigenvalue weighted by Crippen LogP contribution is 2.36. The van der Waals surface area contributed by atoms with E-state index in [9.17, 15) is 14.4 Å². The lowest BCUT2D eigenvalue weighted by atomic mass is 10.0. The molecule has 1 saturated heterocycles. The van der Waals surface area contributed by atoms with Gasteiger partial charge >= 0.3 is 0 Å². The minimum absolute atomic E-state index is 0.166. The van der Waals surface area contributed by atoms with Gasteiger partial charge in [0.25, 0.3) is 11.8 Å². The van der Waals surface area contributed by atoms with Crippen molar-refractivity contribution in [3.05, 3.63) is 70.8 Å². The molecule has 0 bridgehead atoms. The summed E-state index contributed by atoms with van der Waals surface area (Å²) in [6.45, 7) is 3.20. The van der Waals surface area contributed by atoms with Gasteiger partial charge in [0.15, 0.2) is 0 Å². The molecule has 144 valence electrons. The Morgan fingerprint density at radius 2 is 1.64 bits per heavy atom. The number of amides is 3. The molecule has 0 saturated carbocycles. The van der Waals surface area contributed by atoms with Gasteiger partial charge in [-0.2, -0.15) is 11.8 Å². The van der Waals surface area contributed by atoms with E-state index in [1.54, 1.807) is 29.2 Å². The topological polar surface area (TPSA) is 57.7 Å². The van der Waals surface area contributed by atoms with Crippen LogP contribution in [0.1, 0.15) is 43.5 Å². The normalized spacial score (nSPS) is 19.5. The van der Waals surface area contributed by atoms with Crippen molar-refractivity contribution in [1.82, 2.24) is 9.80 Å². The van der Waals surface area contributed by atoms with Crippen LogP contribution < -0.4 is 0 Å². The number of carbonyl (C=O) groups is 3. The van der Waals surface area contributed by atoms with E-state index < -0.39 is 0 Å². The third-order valence-corrected chi connectivity index (χ3v) is 6.71. The van der Waals surface area contributed by atoms with Crippen molar-refractivity contribution in [2.45, 2.75) is 18.6 Å². The van der Waals surface area contributed by atoms with Gasteiger partial charge in [0, 0.05) is 24.1 Å². The average Bonchev–Trinajstić information content (AvgIpc) is 2.87. The average molecular weight is 394 g/mol. The Morgan fingerprint density at radius 3 is 2.32 bits per heavy atom. The molecule has 3 amide bonds. The molecule has 0 aliphatic carbocycles. The van der Waals surface area contributed by atoms with Crippen LogP contribution in [0.2, 0.25) is 0 Å². The van der Waals surface area contributed by atoms with E-state index in [1.165, 1.54) is 11.1 Å². The number of rotatable bonds is 3. The van der Waals surface area contributed by atoms with Crippen LogP contribution in [0.3, 0.4) is 0 Å². The summed E-state index contributed by atoms with van der Waals surface area (Å²) in [5.41, 5.74) is 3.35. The predicted molar refractivity (Wildman–Crippen MR) is 109 cm³/mol. The standard InChI is InChI=1S/C22H22N2O3S/c1-15-6-2-3-7-16(15)19-10-11-23(12-13-28-19)20(25)14-24-21(26)17-8-4-5-9-18(17)22(24)27/h2-9,19H,10-14H2,1H3. The van der Waals surface area contributed by atoms with Crippen molar-refractivity contribution in [3.8, 4) is 0 Å². The van der Waals surface area contributed by atoms with Crippen LogP contribution in [-0.2, 0) is 4.79 Å². The maximum atomic E-state index is 12.8. The summed E-state index contributed by atoms with van der Waals surface area (Å²) in [5.74, 6) is -0.0836. The molecule has 6 heteroatoms. The summed E-state index contributed by atoms with van der Waals surface area (Å²) in [6.07, 6.45) is 0.864. The molecule has 0 spiro atoms. The molecular formula is C22H22N2O3S. The quantitative estimate of drug-likeness (QED) is 0.750. The van der Waals surface area contributed by atoms with Crippen LogP contribution >= 0.6 is 11.8 Å². The van der Waals surface area contributed by atoms with Gasteiger partial charge in [0.1, 0.15) is 6.54 Å². The summed E-state index contributed by atoms with van der Waals surface area (Å²) in [4.78, 5) is 40.7. The maximum absolute atomic E-state index is 12.8. The summed E-state index contributed by atoms with van der Waals surface area (Å²) >= 11 is 1.86. The van der Waals surface area contributed by atoms with E-state index >= 15 is 0 Å². The van der Waals surface area contributed by atoms with Crippen molar-refractivity contribution in [2.24, 2.45) is 0 Å². The van der Waals surface area contributed by atoms with Gasteiger partial charge in [-0.25, -0.2) is 0 Å². The zero-order valence-corrected chi connectivity index (χ0v) is 16.6. The molecule has 0 N–H and O–H groups in total. The molecular weight excluding hydrogens is 372 g/mol. The third kappa shape index (κ3) is 3.44. The fourth-order valence-corrected chi connectivity index (χ4v) is 5.16. The number of hydrogen-bond acceptors (Lipinski definition) is 4. The second-order valence-electron chi connectivity index (χ2n) is 7.13. The first kappa shape index (κ1) is 18.7. The maximum Gasteiger partial charge on any atom is 0.262 e. The van der Waals surface area contributed by atoms with E-state index in [4.69, 9.17) is 0 Å². The highest BCUT2D eigenvalue weighted by molar-refractivity contribution is 7.99. The summed E-state index contributed by atoms with van der Waals surface area (Å²) in [6, 6.07) is 15.1. The van der Waals surface area contributed by atoms with Crippen LogP contribution in [0.25, 0.3) is 0 Å². The van der Waals surface area contributed by atoms with Crippen LogP contribution in [-0.4, -0.2) is 52.9 Å². The van der Waals surface area contributed by atoms with Gasteiger partial charge in [0.2, 0.25) is 5.91 Å². The Bertz CT molecular complexity index is 908. The minimum atomic E-state index is -0.379. The van der Waals surface area contributed by atoms with E-state index in [-0.39, 0.29) is 24.3 Å². The van der Waals surface area contributed by atoms with Crippen molar-refractivity contribution < 1.29 is 14.4 Å². The molecule has 2 aromatic rings. The molecule has 0 radical (unpaired) electrons. The lowest BCUT2D eigenvalue weighted by Gasteiger charge is -2.23. The molecule has 2 aromatic carbocycles. The van der Waals surface area contributed by atoms with Crippen molar-refractivity contribution in [1.29, 1.82) is 0 Å². The minimum Gasteiger partial charge on any atom is -0.340 e. The zero-order valence-electron chi connectivity index (χ0n) is 15.8. The van der Waals surface area contributed by atoms with Crippen LogP contribution in [0.4, 0.5) is 0 Å². The molecule has 0 aromatic heterocycles. The highest BCUT2D eigenvalue weighted by Gasteiger charge is 2.37. The van der Waals surface area contributed by atoms with E-state index in [0.717, 1.165) is 17.1 Å². The Labute approximate surface area is 168 Å².